The van der Waals surface area contributed by atoms with Crippen LogP contribution < -0.4 is 5.32 Å². The Labute approximate surface area is 122 Å². The van der Waals surface area contributed by atoms with Crippen LogP contribution in [0.5, 0.6) is 0 Å². The van der Waals surface area contributed by atoms with Gasteiger partial charge in [0.15, 0.2) is 0 Å². The highest BCUT2D eigenvalue weighted by molar-refractivity contribution is 5.59. The number of piperidine rings is 1. The summed E-state index contributed by atoms with van der Waals surface area (Å²) >= 11 is 0. The predicted molar refractivity (Wildman–Crippen MR) is 75.1 cm³/mol. The van der Waals surface area contributed by atoms with E-state index in [-0.39, 0.29) is 11.9 Å². The van der Waals surface area contributed by atoms with Gasteiger partial charge in [-0.2, -0.15) is 4.98 Å². The van der Waals surface area contributed by atoms with Crippen molar-refractivity contribution in [2.75, 3.05) is 13.1 Å². The highest BCUT2D eigenvalue weighted by atomic mass is 19.1. The van der Waals surface area contributed by atoms with Crippen LogP contribution in [0.25, 0.3) is 11.4 Å². The van der Waals surface area contributed by atoms with E-state index in [0.717, 1.165) is 37.1 Å². The Hall–Kier alpha value is -1.79. The minimum absolute atomic E-state index is 0.245. The highest BCUT2D eigenvalue weighted by Crippen LogP contribution is 2.21. The molecule has 2 aromatic rings. The molecule has 0 bridgehead atoms. The number of halogens is 1. The van der Waals surface area contributed by atoms with Gasteiger partial charge in [0.1, 0.15) is 12.4 Å². The zero-order valence-corrected chi connectivity index (χ0v) is 11.9. The number of nitrogens with one attached hydrogen (secondary N) is 1. The third-order valence-electron chi connectivity index (χ3n) is 3.63. The van der Waals surface area contributed by atoms with E-state index in [1.165, 1.54) is 12.1 Å². The molecule has 1 aliphatic heterocycles. The first kappa shape index (κ1) is 14.2. The predicted octanol–water partition coefficient (Wildman–Crippen LogP) is 2.45. The molecule has 3 rings (SSSR count). The molecule has 5 nitrogen and oxygen atoms in total. The molecule has 1 saturated heterocycles. The molecule has 0 saturated carbocycles. The van der Waals surface area contributed by atoms with Crippen LogP contribution in [0.15, 0.2) is 22.7 Å². The minimum Gasteiger partial charge on any atom is -0.368 e. The second-order valence-electron chi connectivity index (χ2n) is 5.23. The van der Waals surface area contributed by atoms with Crippen molar-refractivity contribution in [3.8, 4) is 11.4 Å². The summed E-state index contributed by atoms with van der Waals surface area (Å²) in [4.78, 5) is 4.31. The fourth-order valence-corrected chi connectivity index (χ4v) is 2.45. The van der Waals surface area contributed by atoms with Gasteiger partial charge in [0, 0.05) is 5.56 Å². The van der Waals surface area contributed by atoms with Crippen molar-refractivity contribution in [3.05, 3.63) is 35.5 Å². The normalized spacial score (nSPS) is 16.3. The lowest BCUT2D eigenvalue weighted by molar-refractivity contribution is 0.00859. The van der Waals surface area contributed by atoms with E-state index in [1.807, 2.05) is 6.92 Å². The number of rotatable bonds is 4. The summed E-state index contributed by atoms with van der Waals surface area (Å²) < 4.78 is 24.1. The van der Waals surface area contributed by atoms with Crippen LogP contribution in [-0.2, 0) is 11.3 Å². The zero-order chi connectivity index (χ0) is 14.7. The second-order valence-corrected chi connectivity index (χ2v) is 5.23. The minimum atomic E-state index is -0.269. The molecular weight excluding hydrogens is 273 g/mol. The van der Waals surface area contributed by atoms with E-state index >= 15 is 0 Å². The van der Waals surface area contributed by atoms with E-state index in [9.17, 15) is 4.39 Å². The van der Waals surface area contributed by atoms with Crippen LogP contribution in [0, 0.1) is 12.7 Å². The van der Waals surface area contributed by atoms with Crippen LogP contribution in [0.1, 0.15) is 24.3 Å². The molecule has 1 N–H and O–H groups in total. The standard InChI is InChI=1S/C15H18FN3O2/c1-10-8-11(16)2-3-13(10)15-18-14(21-19-15)9-20-12-4-6-17-7-5-12/h2-3,8,12,17H,4-7,9H2,1H3. The summed E-state index contributed by atoms with van der Waals surface area (Å²) in [6, 6.07) is 4.51. The molecule has 0 amide bonds. The Morgan fingerprint density at radius 1 is 1.38 bits per heavy atom. The molecule has 0 atom stereocenters. The lowest BCUT2D eigenvalue weighted by Gasteiger charge is -2.21. The topological polar surface area (TPSA) is 60.2 Å². The van der Waals surface area contributed by atoms with Crippen LogP contribution in [-0.4, -0.2) is 29.3 Å². The van der Waals surface area contributed by atoms with Crippen molar-refractivity contribution in [3.63, 3.8) is 0 Å². The molecule has 1 aromatic carbocycles. The van der Waals surface area contributed by atoms with E-state index in [2.05, 4.69) is 15.5 Å². The second kappa shape index (κ2) is 6.32. The first-order valence-corrected chi connectivity index (χ1v) is 7.14. The Morgan fingerprint density at radius 2 is 2.19 bits per heavy atom. The van der Waals surface area contributed by atoms with Crippen LogP contribution in [0.3, 0.4) is 0 Å². The summed E-state index contributed by atoms with van der Waals surface area (Å²) in [5.74, 6) is 0.651. The van der Waals surface area contributed by atoms with Gasteiger partial charge in [0.2, 0.25) is 5.82 Å². The maximum Gasteiger partial charge on any atom is 0.252 e. The molecule has 6 heteroatoms. The van der Waals surface area contributed by atoms with Crippen molar-refractivity contribution >= 4 is 0 Å². The quantitative estimate of drug-likeness (QED) is 0.937. The highest BCUT2D eigenvalue weighted by Gasteiger charge is 2.16. The first-order valence-electron chi connectivity index (χ1n) is 7.14. The summed E-state index contributed by atoms with van der Waals surface area (Å²) in [5.41, 5.74) is 1.55. The van der Waals surface area contributed by atoms with E-state index < -0.39 is 0 Å². The summed E-state index contributed by atoms with van der Waals surface area (Å²) in [6.07, 6.45) is 2.24. The van der Waals surface area contributed by atoms with E-state index in [4.69, 9.17) is 9.26 Å². The number of hydrogen-bond donors (Lipinski definition) is 1. The number of ether oxygens (including phenoxy) is 1. The molecule has 0 unspecified atom stereocenters. The molecule has 1 fully saturated rings. The Balaban J connectivity index is 1.65. The molecule has 0 spiro atoms. The van der Waals surface area contributed by atoms with Gasteiger partial charge in [-0.15, -0.1) is 0 Å². The molecule has 1 aliphatic rings. The maximum atomic E-state index is 13.1. The zero-order valence-electron chi connectivity index (χ0n) is 11.9. The van der Waals surface area contributed by atoms with Crippen LogP contribution in [0.4, 0.5) is 4.39 Å². The summed E-state index contributed by atoms with van der Waals surface area (Å²) in [6.45, 7) is 4.10. The van der Waals surface area contributed by atoms with Crippen molar-refractivity contribution in [1.29, 1.82) is 0 Å². The fourth-order valence-electron chi connectivity index (χ4n) is 2.45. The lowest BCUT2D eigenvalue weighted by atomic mass is 10.1. The van der Waals surface area contributed by atoms with Crippen LogP contribution in [0.2, 0.25) is 0 Å². The summed E-state index contributed by atoms with van der Waals surface area (Å²) in [5, 5.41) is 7.23. The van der Waals surface area contributed by atoms with Crippen molar-refractivity contribution in [1.82, 2.24) is 15.5 Å². The van der Waals surface area contributed by atoms with Crippen molar-refractivity contribution < 1.29 is 13.7 Å². The number of hydrogen-bond acceptors (Lipinski definition) is 5. The molecule has 0 radical (unpaired) electrons. The Morgan fingerprint density at radius 3 is 2.95 bits per heavy atom. The molecular formula is C15H18FN3O2. The number of aryl methyl sites for hydroxylation is 1. The Kier molecular flexibility index (Phi) is 4.26. The van der Waals surface area contributed by atoms with E-state index in [0.29, 0.717) is 18.3 Å². The van der Waals surface area contributed by atoms with Crippen LogP contribution >= 0.6 is 0 Å². The number of benzene rings is 1. The average molecular weight is 291 g/mol. The molecule has 112 valence electrons. The monoisotopic (exact) mass is 291 g/mol. The van der Waals surface area contributed by atoms with Gasteiger partial charge in [-0.1, -0.05) is 5.16 Å². The molecule has 1 aromatic heterocycles. The lowest BCUT2D eigenvalue weighted by Crippen LogP contribution is -2.32. The molecule has 0 aliphatic carbocycles. The van der Waals surface area contributed by atoms with Gasteiger partial charge >= 0.3 is 0 Å². The largest absolute Gasteiger partial charge is 0.368 e. The number of nitrogens with zero attached hydrogens (tertiary/aromatic N) is 2. The Bertz CT molecular complexity index is 609. The SMILES string of the molecule is Cc1cc(F)ccc1-c1noc(COC2CCNCC2)n1. The molecule has 2 heterocycles. The average Bonchev–Trinajstić information content (AvgIpc) is 2.95. The van der Waals surface area contributed by atoms with Gasteiger partial charge in [-0.3, -0.25) is 0 Å². The first-order chi connectivity index (χ1) is 10.2. The van der Waals surface area contributed by atoms with Gasteiger partial charge in [-0.05, 0) is 56.6 Å². The van der Waals surface area contributed by atoms with Crippen molar-refractivity contribution in [2.24, 2.45) is 0 Å². The van der Waals surface area contributed by atoms with Gasteiger partial charge in [0.25, 0.3) is 5.89 Å². The van der Waals surface area contributed by atoms with Gasteiger partial charge in [0.05, 0.1) is 6.10 Å². The third kappa shape index (κ3) is 3.46. The van der Waals surface area contributed by atoms with Gasteiger partial charge < -0.3 is 14.6 Å². The van der Waals surface area contributed by atoms with E-state index in [1.54, 1.807) is 6.07 Å². The molecule has 21 heavy (non-hydrogen) atoms. The van der Waals surface area contributed by atoms with Crippen molar-refractivity contribution in [2.45, 2.75) is 32.5 Å². The third-order valence-corrected chi connectivity index (χ3v) is 3.63. The van der Waals surface area contributed by atoms with Gasteiger partial charge in [-0.25, -0.2) is 4.39 Å². The smallest absolute Gasteiger partial charge is 0.252 e. The summed E-state index contributed by atoms with van der Waals surface area (Å²) in [7, 11) is 0. The fraction of sp³-hybridized carbons (Fsp3) is 0.467. The number of aromatic nitrogens is 2. The maximum absolute atomic E-state index is 13.1.